The Hall–Kier alpha value is -1.72. The minimum Gasteiger partial charge on any atom is -0.248 e. The standard InChI is InChI=1S/C13H20N6/c1-11-15-13(10-18-8-7-14-17-18)19(16-11)9-12-5-3-2-4-6-12/h7-8,12H,2-6,9-10H2,1H3. The highest BCUT2D eigenvalue weighted by Gasteiger charge is 2.17. The molecule has 0 N–H and O–H groups in total. The lowest BCUT2D eigenvalue weighted by Crippen LogP contribution is -2.18. The third-order valence-electron chi connectivity index (χ3n) is 3.79. The molecule has 19 heavy (non-hydrogen) atoms. The Morgan fingerprint density at radius 1 is 1.26 bits per heavy atom. The zero-order chi connectivity index (χ0) is 13.1. The SMILES string of the molecule is Cc1nc(Cn2ccnn2)n(CC2CCCCC2)n1. The summed E-state index contributed by atoms with van der Waals surface area (Å²) in [5, 5.41) is 12.3. The van der Waals surface area contributed by atoms with Crippen molar-refractivity contribution < 1.29 is 0 Å². The summed E-state index contributed by atoms with van der Waals surface area (Å²) in [6.45, 7) is 3.58. The number of aromatic nitrogens is 6. The molecule has 1 aliphatic rings. The van der Waals surface area contributed by atoms with Crippen LogP contribution in [0.15, 0.2) is 12.4 Å². The van der Waals surface area contributed by atoms with Gasteiger partial charge in [-0.05, 0) is 25.7 Å². The summed E-state index contributed by atoms with van der Waals surface area (Å²) in [5.74, 6) is 2.57. The summed E-state index contributed by atoms with van der Waals surface area (Å²) in [4.78, 5) is 4.51. The van der Waals surface area contributed by atoms with Crippen molar-refractivity contribution in [2.45, 2.75) is 52.1 Å². The predicted molar refractivity (Wildman–Crippen MR) is 70.5 cm³/mol. The summed E-state index contributed by atoms with van der Waals surface area (Å²) in [6.07, 6.45) is 10.3. The lowest BCUT2D eigenvalue weighted by atomic mass is 9.89. The van der Waals surface area contributed by atoms with E-state index in [0.717, 1.165) is 24.1 Å². The van der Waals surface area contributed by atoms with E-state index in [-0.39, 0.29) is 0 Å². The molecule has 2 heterocycles. The van der Waals surface area contributed by atoms with Crippen LogP contribution in [-0.2, 0) is 13.1 Å². The second kappa shape index (κ2) is 5.50. The third kappa shape index (κ3) is 3.00. The minimum absolute atomic E-state index is 0.646. The summed E-state index contributed by atoms with van der Waals surface area (Å²) in [5.41, 5.74) is 0. The zero-order valence-corrected chi connectivity index (χ0v) is 11.4. The van der Waals surface area contributed by atoms with E-state index in [1.54, 1.807) is 10.9 Å². The molecule has 0 atom stereocenters. The van der Waals surface area contributed by atoms with Crippen LogP contribution in [0.3, 0.4) is 0 Å². The molecule has 0 bridgehead atoms. The van der Waals surface area contributed by atoms with Gasteiger partial charge in [0, 0.05) is 12.7 Å². The number of rotatable bonds is 4. The molecular formula is C13H20N6. The van der Waals surface area contributed by atoms with Crippen LogP contribution in [0.2, 0.25) is 0 Å². The van der Waals surface area contributed by atoms with Gasteiger partial charge in [0.1, 0.15) is 18.2 Å². The molecule has 0 amide bonds. The maximum Gasteiger partial charge on any atom is 0.148 e. The van der Waals surface area contributed by atoms with Crippen LogP contribution in [-0.4, -0.2) is 29.8 Å². The van der Waals surface area contributed by atoms with Crippen LogP contribution < -0.4 is 0 Å². The zero-order valence-electron chi connectivity index (χ0n) is 11.4. The predicted octanol–water partition coefficient (Wildman–Crippen LogP) is 1.81. The smallest absolute Gasteiger partial charge is 0.148 e. The van der Waals surface area contributed by atoms with Crippen LogP contribution in [0.25, 0.3) is 0 Å². The van der Waals surface area contributed by atoms with E-state index in [1.807, 2.05) is 13.1 Å². The minimum atomic E-state index is 0.646. The monoisotopic (exact) mass is 260 g/mol. The molecule has 0 aromatic carbocycles. The molecule has 0 spiro atoms. The number of nitrogens with zero attached hydrogens (tertiary/aromatic N) is 6. The maximum atomic E-state index is 4.53. The first-order chi connectivity index (χ1) is 9.31. The van der Waals surface area contributed by atoms with Gasteiger partial charge in [-0.3, -0.25) is 0 Å². The Morgan fingerprint density at radius 2 is 2.11 bits per heavy atom. The molecule has 2 aromatic rings. The quantitative estimate of drug-likeness (QED) is 0.841. The molecule has 0 saturated heterocycles. The molecule has 1 aliphatic carbocycles. The Labute approximate surface area is 112 Å². The Balaban J connectivity index is 1.73. The van der Waals surface area contributed by atoms with Gasteiger partial charge >= 0.3 is 0 Å². The van der Waals surface area contributed by atoms with Gasteiger partial charge in [-0.15, -0.1) is 5.10 Å². The van der Waals surface area contributed by atoms with Crippen molar-refractivity contribution >= 4 is 0 Å². The molecule has 6 nitrogen and oxygen atoms in total. The molecule has 0 aliphatic heterocycles. The van der Waals surface area contributed by atoms with Gasteiger partial charge in [-0.1, -0.05) is 24.5 Å². The fourth-order valence-corrected chi connectivity index (χ4v) is 2.84. The molecule has 1 saturated carbocycles. The number of hydrogen-bond acceptors (Lipinski definition) is 4. The number of hydrogen-bond donors (Lipinski definition) is 0. The van der Waals surface area contributed by atoms with Crippen LogP contribution in [0, 0.1) is 12.8 Å². The summed E-state index contributed by atoms with van der Waals surface area (Å²) in [7, 11) is 0. The second-order valence-electron chi connectivity index (χ2n) is 5.36. The Morgan fingerprint density at radius 3 is 2.84 bits per heavy atom. The second-order valence-corrected chi connectivity index (χ2v) is 5.36. The lowest BCUT2D eigenvalue weighted by molar-refractivity contribution is 0.302. The molecule has 0 unspecified atom stereocenters. The normalized spacial score (nSPS) is 16.9. The van der Waals surface area contributed by atoms with Gasteiger partial charge in [0.25, 0.3) is 0 Å². The first kappa shape index (κ1) is 12.3. The van der Waals surface area contributed by atoms with Crippen molar-refractivity contribution in [1.29, 1.82) is 0 Å². The van der Waals surface area contributed by atoms with Crippen molar-refractivity contribution in [3.8, 4) is 0 Å². The largest absolute Gasteiger partial charge is 0.248 e. The molecule has 2 aromatic heterocycles. The van der Waals surface area contributed by atoms with E-state index in [1.165, 1.54) is 32.1 Å². The lowest BCUT2D eigenvalue weighted by Gasteiger charge is -2.21. The van der Waals surface area contributed by atoms with Crippen molar-refractivity contribution in [2.75, 3.05) is 0 Å². The third-order valence-corrected chi connectivity index (χ3v) is 3.79. The van der Waals surface area contributed by atoms with Crippen LogP contribution in [0.1, 0.15) is 43.8 Å². The van der Waals surface area contributed by atoms with E-state index >= 15 is 0 Å². The summed E-state index contributed by atoms with van der Waals surface area (Å²) < 4.78 is 3.85. The average Bonchev–Trinajstić information content (AvgIpc) is 3.02. The van der Waals surface area contributed by atoms with E-state index in [2.05, 4.69) is 25.1 Å². The van der Waals surface area contributed by atoms with Crippen molar-refractivity contribution in [1.82, 2.24) is 29.8 Å². The highest BCUT2D eigenvalue weighted by Crippen LogP contribution is 2.25. The van der Waals surface area contributed by atoms with Crippen LogP contribution >= 0.6 is 0 Å². The fraction of sp³-hybridized carbons (Fsp3) is 0.692. The van der Waals surface area contributed by atoms with Gasteiger partial charge in [0.05, 0.1) is 6.20 Å². The molecule has 102 valence electrons. The first-order valence-corrected chi connectivity index (χ1v) is 7.05. The molecule has 0 radical (unpaired) electrons. The average molecular weight is 260 g/mol. The number of aryl methyl sites for hydroxylation is 1. The molecular weight excluding hydrogens is 240 g/mol. The van der Waals surface area contributed by atoms with Gasteiger partial charge < -0.3 is 0 Å². The fourth-order valence-electron chi connectivity index (χ4n) is 2.84. The van der Waals surface area contributed by atoms with E-state index < -0.39 is 0 Å². The highest BCUT2D eigenvalue weighted by molar-refractivity contribution is 4.92. The van der Waals surface area contributed by atoms with Gasteiger partial charge in [0.15, 0.2) is 0 Å². The molecule has 1 fully saturated rings. The topological polar surface area (TPSA) is 61.4 Å². The van der Waals surface area contributed by atoms with Crippen molar-refractivity contribution in [2.24, 2.45) is 5.92 Å². The van der Waals surface area contributed by atoms with Gasteiger partial charge in [0.2, 0.25) is 0 Å². The van der Waals surface area contributed by atoms with Crippen LogP contribution in [0.5, 0.6) is 0 Å². The van der Waals surface area contributed by atoms with E-state index in [9.17, 15) is 0 Å². The van der Waals surface area contributed by atoms with Gasteiger partial charge in [-0.2, -0.15) is 5.10 Å². The Bertz CT molecular complexity index is 509. The highest BCUT2D eigenvalue weighted by atomic mass is 15.4. The molecule has 3 rings (SSSR count). The van der Waals surface area contributed by atoms with E-state index in [0.29, 0.717) is 6.54 Å². The first-order valence-electron chi connectivity index (χ1n) is 7.05. The maximum absolute atomic E-state index is 4.53. The van der Waals surface area contributed by atoms with Gasteiger partial charge in [-0.25, -0.2) is 14.3 Å². The Kier molecular flexibility index (Phi) is 3.57. The van der Waals surface area contributed by atoms with Crippen LogP contribution in [0.4, 0.5) is 0 Å². The van der Waals surface area contributed by atoms with Crippen molar-refractivity contribution in [3.05, 3.63) is 24.0 Å². The van der Waals surface area contributed by atoms with E-state index in [4.69, 9.17) is 0 Å². The summed E-state index contributed by atoms with van der Waals surface area (Å²) >= 11 is 0. The van der Waals surface area contributed by atoms with Crippen molar-refractivity contribution in [3.63, 3.8) is 0 Å². The summed E-state index contributed by atoms with van der Waals surface area (Å²) in [6, 6.07) is 0. The molecule has 6 heteroatoms.